The Morgan fingerprint density at radius 3 is 2.40 bits per heavy atom. The number of alkyl halides is 5. The Morgan fingerprint density at radius 2 is 1.71 bits per heavy atom. The topological polar surface area (TPSA) is 194 Å². The molecule has 4 aromatic rings. The lowest BCUT2D eigenvalue weighted by molar-refractivity contribution is -0.292. The second-order valence-electron chi connectivity index (χ2n) is 14.7. The van der Waals surface area contributed by atoms with Crippen LogP contribution in [-0.2, 0) is 26.7 Å². The van der Waals surface area contributed by atoms with Crippen molar-refractivity contribution in [1.82, 2.24) is 31.2 Å². The number of nitrogens with zero attached hydrogens (tertiary/aromatic N) is 1. The van der Waals surface area contributed by atoms with Crippen LogP contribution >= 0.6 is 0 Å². The highest BCUT2D eigenvalue weighted by atomic mass is 19.4. The molecule has 1 saturated carbocycles. The van der Waals surface area contributed by atoms with Crippen LogP contribution in [0, 0.1) is 18.8 Å². The molecule has 2 heterocycles. The monoisotopic (exact) mass is 811 g/mol. The summed E-state index contributed by atoms with van der Waals surface area (Å²) in [6.07, 6.45) is -3.62. The summed E-state index contributed by atoms with van der Waals surface area (Å²) in [5.41, 5.74) is 3.01. The second kappa shape index (κ2) is 17.2. The quantitative estimate of drug-likeness (QED) is 0.0861. The highest BCUT2D eigenvalue weighted by Gasteiger charge is 2.61. The van der Waals surface area contributed by atoms with Crippen molar-refractivity contribution in [2.45, 2.75) is 76.1 Å². The number of piperidine rings is 1. The molecule has 2 fully saturated rings. The predicted octanol–water partition coefficient (Wildman–Crippen LogP) is 5.94. The first-order valence-electron chi connectivity index (χ1n) is 18.8. The predicted molar refractivity (Wildman–Crippen MR) is 202 cm³/mol. The van der Waals surface area contributed by atoms with Crippen molar-refractivity contribution in [2.75, 3.05) is 18.4 Å². The molecule has 18 heteroatoms. The number of carbonyl (C=O) groups is 5. The van der Waals surface area contributed by atoms with E-state index in [-0.39, 0.29) is 53.3 Å². The van der Waals surface area contributed by atoms with E-state index >= 15 is 0 Å². The number of fused-ring (bicyclic) bond motifs is 1. The van der Waals surface area contributed by atoms with Gasteiger partial charge in [-0.25, -0.2) is 9.78 Å². The summed E-state index contributed by atoms with van der Waals surface area (Å²) in [6.45, 7) is 2.66. The number of amides is 5. The minimum Gasteiger partial charge on any atom is -0.465 e. The molecule has 7 N–H and O–H groups in total. The maximum atomic E-state index is 14.0. The maximum absolute atomic E-state index is 14.0. The Bertz CT molecular complexity index is 2200. The number of nitrogens with one attached hydrogen (secondary N) is 6. The van der Waals surface area contributed by atoms with Crippen molar-refractivity contribution in [3.63, 3.8) is 0 Å². The molecule has 2 aliphatic rings. The largest absolute Gasteiger partial charge is 0.465 e. The van der Waals surface area contributed by atoms with E-state index in [1.54, 1.807) is 30.3 Å². The number of H-pyrrole nitrogens is 1. The lowest BCUT2D eigenvalue weighted by Gasteiger charge is -2.29. The summed E-state index contributed by atoms with van der Waals surface area (Å²) in [5, 5.41) is 22.3. The number of benzene rings is 3. The normalized spacial score (nSPS) is 19.1. The zero-order chi connectivity index (χ0) is 41.8. The van der Waals surface area contributed by atoms with E-state index in [0.29, 0.717) is 49.8 Å². The first-order chi connectivity index (χ1) is 27.5. The fourth-order valence-corrected chi connectivity index (χ4v) is 7.34. The second-order valence-corrected chi connectivity index (χ2v) is 14.7. The van der Waals surface area contributed by atoms with E-state index in [1.165, 1.54) is 18.2 Å². The Morgan fingerprint density at radius 1 is 0.948 bits per heavy atom. The van der Waals surface area contributed by atoms with E-state index in [9.17, 15) is 45.9 Å². The number of aryl methyl sites for hydroxylation is 1. The summed E-state index contributed by atoms with van der Waals surface area (Å²) >= 11 is 0. The first kappa shape index (κ1) is 41.6. The van der Waals surface area contributed by atoms with Crippen LogP contribution in [0.15, 0.2) is 60.7 Å². The van der Waals surface area contributed by atoms with Crippen LogP contribution in [0.3, 0.4) is 0 Å². The van der Waals surface area contributed by atoms with Gasteiger partial charge in [0.1, 0.15) is 12.1 Å². The molecule has 1 aromatic heterocycles. The number of carbonyl (C=O) groups excluding carboxylic acids is 4. The van der Waals surface area contributed by atoms with Crippen LogP contribution in [0.5, 0.6) is 0 Å². The van der Waals surface area contributed by atoms with Crippen LogP contribution in [0.4, 0.5) is 32.4 Å². The van der Waals surface area contributed by atoms with Gasteiger partial charge in [0.15, 0.2) is 5.82 Å². The highest BCUT2D eigenvalue weighted by Crippen LogP contribution is 2.43. The molecule has 1 aliphatic heterocycles. The van der Waals surface area contributed by atoms with Crippen molar-refractivity contribution < 1.29 is 51.0 Å². The van der Waals surface area contributed by atoms with Crippen LogP contribution in [0.25, 0.3) is 22.2 Å². The summed E-state index contributed by atoms with van der Waals surface area (Å²) < 4.78 is 67.0. The molecule has 1 aliphatic carbocycles. The van der Waals surface area contributed by atoms with Gasteiger partial charge in [-0.05, 0) is 104 Å². The summed E-state index contributed by atoms with van der Waals surface area (Å²) in [7, 11) is 0. The molecule has 0 bridgehead atoms. The Balaban J connectivity index is 1.20. The minimum atomic E-state index is -5.89. The number of halogens is 5. The van der Waals surface area contributed by atoms with Gasteiger partial charge >= 0.3 is 18.2 Å². The van der Waals surface area contributed by atoms with Gasteiger partial charge in [0, 0.05) is 36.7 Å². The third kappa shape index (κ3) is 9.71. The zero-order valence-corrected chi connectivity index (χ0v) is 31.3. The number of hydrogen-bond donors (Lipinski definition) is 7. The Hall–Kier alpha value is -6.07. The standard InChI is InChI=1S/C40H42F5N7O6/c1-21-16-26(34(54)49-30-6-3-15-46-35(30)55)11-13-28(21)25-5-2-4-23(17-25)18-32(50-33(53)24-9-7-22(8-10-24)20-47-38(57)58)36(56)48-27-12-14-29-31(19-27)52-37(51-29)39(41,42)40(43,44)45/h2,4-5,11-14,16-17,19,22,24,30,32,47H,3,6-10,15,18,20H2,1H3,(H,46,55)(H,48,56)(H,49,54)(H,50,53)(H,51,52)(H,57,58)/t22?,24?,30-,32+/m1/s1. The molecule has 3 aromatic carbocycles. The number of carboxylic acid groups (broad SMARTS) is 1. The molecular weight excluding hydrogens is 769 g/mol. The van der Waals surface area contributed by atoms with Gasteiger partial charge in [-0.15, -0.1) is 0 Å². The minimum absolute atomic E-state index is 0.000530. The van der Waals surface area contributed by atoms with Crippen LogP contribution in [0.2, 0.25) is 0 Å². The molecule has 0 radical (unpaired) electrons. The smallest absolute Gasteiger partial charge is 0.461 e. The molecule has 0 spiro atoms. The van der Waals surface area contributed by atoms with Gasteiger partial charge in [0.2, 0.25) is 17.7 Å². The lowest BCUT2D eigenvalue weighted by atomic mass is 9.81. The van der Waals surface area contributed by atoms with Crippen molar-refractivity contribution >= 4 is 46.4 Å². The number of aromatic amines is 1. The Kier molecular flexibility index (Phi) is 12.3. The van der Waals surface area contributed by atoms with Crippen LogP contribution in [0.1, 0.15) is 65.8 Å². The first-order valence-corrected chi connectivity index (χ1v) is 18.8. The molecule has 6 rings (SSSR count). The summed E-state index contributed by atoms with van der Waals surface area (Å²) in [5.74, 6) is -8.92. The van der Waals surface area contributed by atoms with Gasteiger partial charge in [-0.2, -0.15) is 22.0 Å². The molecule has 58 heavy (non-hydrogen) atoms. The fourth-order valence-electron chi connectivity index (χ4n) is 7.34. The Labute approximate surface area is 328 Å². The SMILES string of the molecule is Cc1cc(C(=O)N[C@@H]2CCCNC2=O)ccc1-c1cccc(C[C@H](NC(=O)C2CCC(CNC(=O)O)CC2)C(=O)Nc2ccc3nc(C(F)(F)C(F)(F)F)[nH]c3c2)c1. The zero-order valence-electron chi connectivity index (χ0n) is 31.3. The average Bonchev–Trinajstić information content (AvgIpc) is 3.62. The van der Waals surface area contributed by atoms with Crippen LogP contribution < -0.4 is 26.6 Å². The molecule has 5 amide bonds. The van der Waals surface area contributed by atoms with E-state index in [0.717, 1.165) is 23.1 Å². The molecule has 308 valence electrons. The summed E-state index contributed by atoms with van der Waals surface area (Å²) in [4.78, 5) is 69.0. The number of aromatic nitrogens is 2. The van der Waals surface area contributed by atoms with Crippen molar-refractivity contribution in [2.24, 2.45) is 11.8 Å². The molecule has 0 unspecified atom stereocenters. The van der Waals surface area contributed by atoms with Crippen molar-refractivity contribution in [3.05, 3.63) is 83.2 Å². The molecule has 1 saturated heterocycles. The number of imidazole rings is 1. The molecular formula is C40H42F5N7O6. The highest BCUT2D eigenvalue weighted by molar-refractivity contribution is 5.99. The van der Waals surface area contributed by atoms with Gasteiger partial charge in [0.25, 0.3) is 5.91 Å². The van der Waals surface area contributed by atoms with Gasteiger partial charge in [-0.1, -0.05) is 30.3 Å². The van der Waals surface area contributed by atoms with E-state index in [1.807, 2.05) is 24.0 Å². The van der Waals surface area contributed by atoms with Crippen molar-refractivity contribution in [1.29, 1.82) is 0 Å². The van der Waals surface area contributed by atoms with Gasteiger partial charge in [0.05, 0.1) is 11.0 Å². The number of rotatable bonds is 12. The van der Waals surface area contributed by atoms with Gasteiger partial charge < -0.3 is 36.7 Å². The molecule has 13 nitrogen and oxygen atoms in total. The summed E-state index contributed by atoms with van der Waals surface area (Å²) in [6, 6.07) is 14.2. The van der Waals surface area contributed by atoms with E-state index in [2.05, 4.69) is 31.6 Å². The maximum Gasteiger partial charge on any atom is 0.461 e. The van der Waals surface area contributed by atoms with Crippen LogP contribution in [-0.4, -0.2) is 76.1 Å². The molecule has 2 atom stereocenters. The number of anilines is 1. The van der Waals surface area contributed by atoms with Crippen molar-refractivity contribution in [3.8, 4) is 11.1 Å². The third-order valence-electron chi connectivity index (χ3n) is 10.6. The number of hydrogen-bond acceptors (Lipinski definition) is 6. The van der Waals surface area contributed by atoms with E-state index in [4.69, 9.17) is 5.11 Å². The average molecular weight is 812 g/mol. The third-order valence-corrected chi connectivity index (χ3v) is 10.6. The fraction of sp³-hybridized carbons (Fsp3) is 0.400. The van der Waals surface area contributed by atoms with Gasteiger partial charge in [-0.3, -0.25) is 19.2 Å². The lowest BCUT2D eigenvalue weighted by Crippen LogP contribution is -2.50. The van der Waals surface area contributed by atoms with E-state index < -0.39 is 47.9 Å².